The van der Waals surface area contributed by atoms with E-state index in [-0.39, 0.29) is 5.97 Å². The van der Waals surface area contributed by atoms with Gasteiger partial charge in [0.25, 0.3) is 0 Å². The summed E-state index contributed by atoms with van der Waals surface area (Å²) in [6, 6.07) is 1.66. The zero-order valence-corrected chi connectivity index (χ0v) is 8.53. The number of anilines is 1. The summed E-state index contributed by atoms with van der Waals surface area (Å²) in [7, 11) is 0. The van der Waals surface area contributed by atoms with Crippen LogP contribution in [0.3, 0.4) is 0 Å². The number of carbonyl (C=O) groups is 1. The molecule has 12 heavy (non-hydrogen) atoms. The molecule has 0 amide bonds. The van der Waals surface area contributed by atoms with Crippen molar-refractivity contribution in [3.8, 4) is 5.75 Å². The molecule has 4 nitrogen and oxygen atoms in total. The summed E-state index contributed by atoms with van der Waals surface area (Å²) in [6.07, 6.45) is 1.42. The first-order chi connectivity index (χ1) is 5.59. The number of nitrogens with zero attached hydrogens (tertiary/aromatic N) is 1. The molecule has 0 saturated heterocycles. The Labute approximate surface area is 83.3 Å². The van der Waals surface area contributed by atoms with Crippen molar-refractivity contribution in [2.24, 2.45) is 0 Å². The maximum atomic E-state index is 10.5. The second kappa shape index (κ2) is 3.70. The zero-order valence-electron chi connectivity index (χ0n) is 6.37. The molecule has 1 aromatic heterocycles. The number of esters is 1. The third-order valence-electron chi connectivity index (χ3n) is 1.11. The van der Waals surface area contributed by atoms with Crippen molar-refractivity contribution in [2.45, 2.75) is 6.92 Å². The normalized spacial score (nSPS) is 9.50. The van der Waals surface area contributed by atoms with Crippen LogP contribution in [0.5, 0.6) is 5.75 Å². The molecule has 0 bridgehead atoms. The van der Waals surface area contributed by atoms with E-state index in [0.29, 0.717) is 11.6 Å². The molecular weight excluding hydrogens is 271 g/mol. The fourth-order valence-electron chi connectivity index (χ4n) is 0.653. The van der Waals surface area contributed by atoms with Crippen molar-refractivity contribution in [3.05, 3.63) is 15.8 Å². The highest BCUT2D eigenvalue weighted by Crippen LogP contribution is 2.18. The minimum atomic E-state index is -0.364. The fourth-order valence-corrected chi connectivity index (χ4v) is 1.10. The van der Waals surface area contributed by atoms with Crippen LogP contribution in [0.15, 0.2) is 12.3 Å². The number of pyridine rings is 1. The minimum absolute atomic E-state index is 0.364. The van der Waals surface area contributed by atoms with Crippen LogP contribution in [0.25, 0.3) is 0 Å². The van der Waals surface area contributed by atoms with Crippen molar-refractivity contribution in [1.29, 1.82) is 0 Å². The minimum Gasteiger partial charge on any atom is -0.425 e. The van der Waals surface area contributed by atoms with Gasteiger partial charge in [-0.25, -0.2) is 4.98 Å². The average Bonchev–Trinajstić information content (AvgIpc) is 1.96. The number of rotatable bonds is 1. The number of nitrogens with two attached hydrogens (primary N) is 1. The van der Waals surface area contributed by atoms with E-state index in [1.807, 2.05) is 22.6 Å². The Kier molecular flexibility index (Phi) is 2.85. The molecule has 1 aromatic rings. The molecule has 0 spiro atoms. The number of hydrogen-bond acceptors (Lipinski definition) is 4. The molecule has 1 heterocycles. The van der Waals surface area contributed by atoms with Crippen LogP contribution < -0.4 is 10.5 Å². The molecule has 0 radical (unpaired) electrons. The summed E-state index contributed by atoms with van der Waals surface area (Å²) in [5.74, 6) is 0.491. The number of nitrogen functional groups attached to an aromatic ring is 1. The van der Waals surface area contributed by atoms with Crippen molar-refractivity contribution in [2.75, 3.05) is 5.73 Å². The van der Waals surface area contributed by atoms with Crippen molar-refractivity contribution < 1.29 is 9.53 Å². The van der Waals surface area contributed by atoms with Crippen molar-refractivity contribution in [1.82, 2.24) is 4.98 Å². The van der Waals surface area contributed by atoms with Gasteiger partial charge < -0.3 is 10.5 Å². The molecule has 1 rings (SSSR count). The average molecular weight is 278 g/mol. The molecule has 0 aliphatic carbocycles. The lowest BCUT2D eigenvalue weighted by molar-refractivity contribution is -0.131. The summed E-state index contributed by atoms with van der Waals surface area (Å²) in [6.45, 7) is 1.34. The Morgan fingerprint density at radius 1 is 1.75 bits per heavy atom. The molecule has 0 atom stereocenters. The summed E-state index contributed by atoms with van der Waals surface area (Å²) >= 11 is 2.02. The number of ether oxygens (including phenoxy) is 1. The predicted octanol–water partition coefficient (Wildman–Crippen LogP) is 1.19. The third-order valence-corrected chi connectivity index (χ3v) is 1.97. The fraction of sp³-hybridized carbons (Fsp3) is 0.143. The molecule has 2 N–H and O–H groups in total. The van der Waals surface area contributed by atoms with Gasteiger partial charge in [-0.1, -0.05) is 0 Å². The molecule has 64 valence electrons. The van der Waals surface area contributed by atoms with Gasteiger partial charge in [-0.3, -0.25) is 4.79 Å². The lowest BCUT2D eigenvalue weighted by atomic mass is 10.4. The first-order valence-electron chi connectivity index (χ1n) is 3.19. The third kappa shape index (κ3) is 2.33. The number of halogens is 1. The Hall–Kier alpha value is -0.850. The second-order valence-corrected chi connectivity index (χ2v) is 3.29. The van der Waals surface area contributed by atoms with Crippen molar-refractivity contribution in [3.63, 3.8) is 0 Å². The monoisotopic (exact) mass is 278 g/mol. The van der Waals surface area contributed by atoms with Crippen LogP contribution in [0.4, 0.5) is 5.82 Å². The van der Waals surface area contributed by atoms with E-state index in [0.717, 1.165) is 3.57 Å². The number of hydrogen-bond donors (Lipinski definition) is 1. The largest absolute Gasteiger partial charge is 0.425 e. The van der Waals surface area contributed by atoms with E-state index in [4.69, 9.17) is 10.5 Å². The SMILES string of the molecule is CC(=O)Oc1cnc(N)c(I)c1. The Morgan fingerprint density at radius 3 is 2.92 bits per heavy atom. The molecule has 0 aliphatic heterocycles. The van der Waals surface area contributed by atoms with Gasteiger partial charge in [-0.05, 0) is 28.7 Å². The summed E-state index contributed by atoms with van der Waals surface area (Å²) in [5, 5.41) is 0. The molecular formula is C7H7IN2O2. The lowest BCUT2D eigenvalue weighted by Gasteiger charge is -2.01. The van der Waals surface area contributed by atoms with E-state index < -0.39 is 0 Å². The van der Waals surface area contributed by atoms with E-state index in [9.17, 15) is 4.79 Å². The Bertz CT molecular complexity index is 314. The predicted molar refractivity (Wildman–Crippen MR) is 52.7 cm³/mol. The Morgan fingerprint density at radius 2 is 2.42 bits per heavy atom. The highest BCUT2D eigenvalue weighted by atomic mass is 127. The van der Waals surface area contributed by atoms with Crippen LogP contribution >= 0.6 is 22.6 Å². The maximum absolute atomic E-state index is 10.5. The van der Waals surface area contributed by atoms with Gasteiger partial charge in [0.2, 0.25) is 0 Å². The van der Waals surface area contributed by atoms with Crippen LogP contribution in [0.2, 0.25) is 0 Å². The zero-order chi connectivity index (χ0) is 9.14. The van der Waals surface area contributed by atoms with E-state index in [1.165, 1.54) is 13.1 Å². The molecule has 0 fully saturated rings. The number of carbonyl (C=O) groups excluding carboxylic acids is 1. The standard InChI is InChI=1S/C7H7IN2O2/c1-4(11)12-5-2-6(8)7(9)10-3-5/h2-3H,1H3,(H2,9,10). The topological polar surface area (TPSA) is 65.2 Å². The highest BCUT2D eigenvalue weighted by Gasteiger charge is 2.01. The van der Waals surface area contributed by atoms with Gasteiger partial charge in [0.15, 0.2) is 0 Å². The van der Waals surface area contributed by atoms with Crippen LogP contribution in [0, 0.1) is 3.57 Å². The van der Waals surface area contributed by atoms with Gasteiger partial charge in [0, 0.05) is 6.92 Å². The van der Waals surface area contributed by atoms with Crippen LogP contribution in [-0.2, 0) is 4.79 Å². The summed E-state index contributed by atoms with van der Waals surface area (Å²) in [4.78, 5) is 14.4. The van der Waals surface area contributed by atoms with Gasteiger partial charge in [0.05, 0.1) is 9.77 Å². The highest BCUT2D eigenvalue weighted by molar-refractivity contribution is 14.1. The van der Waals surface area contributed by atoms with Gasteiger partial charge in [0.1, 0.15) is 11.6 Å². The maximum Gasteiger partial charge on any atom is 0.308 e. The molecule has 0 unspecified atom stereocenters. The van der Waals surface area contributed by atoms with Crippen LogP contribution in [-0.4, -0.2) is 11.0 Å². The number of aromatic nitrogens is 1. The molecule has 0 aromatic carbocycles. The first kappa shape index (κ1) is 9.24. The second-order valence-electron chi connectivity index (χ2n) is 2.13. The van der Waals surface area contributed by atoms with E-state index in [1.54, 1.807) is 6.07 Å². The quantitative estimate of drug-likeness (QED) is 0.619. The van der Waals surface area contributed by atoms with Crippen LogP contribution in [0.1, 0.15) is 6.92 Å². The van der Waals surface area contributed by atoms with Gasteiger partial charge in [-0.2, -0.15) is 0 Å². The lowest BCUT2D eigenvalue weighted by Crippen LogP contribution is -2.03. The summed E-state index contributed by atoms with van der Waals surface area (Å²) in [5.41, 5.74) is 5.46. The molecule has 5 heteroatoms. The Balaban J connectivity index is 2.89. The first-order valence-corrected chi connectivity index (χ1v) is 4.27. The van der Waals surface area contributed by atoms with E-state index >= 15 is 0 Å². The van der Waals surface area contributed by atoms with Gasteiger partial charge in [-0.15, -0.1) is 0 Å². The van der Waals surface area contributed by atoms with Gasteiger partial charge >= 0.3 is 5.97 Å². The molecule has 0 saturated carbocycles. The summed E-state index contributed by atoms with van der Waals surface area (Å²) < 4.78 is 5.56. The smallest absolute Gasteiger partial charge is 0.308 e. The van der Waals surface area contributed by atoms with E-state index in [2.05, 4.69) is 4.98 Å². The molecule has 0 aliphatic rings. The van der Waals surface area contributed by atoms with Crippen molar-refractivity contribution >= 4 is 34.4 Å².